The second kappa shape index (κ2) is 3.87. The number of fused-ring (bicyclic) bond motifs is 1. The number of hydrogen-bond donors (Lipinski definition) is 2. The molecule has 3 N–H and O–H groups in total. The van der Waals surface area contributed by atoms with Crippen LogP contribution in [0.25, 0.3) is 0 Å². The van der Waals surface area contributed by atoms with Crippen molar-refractivity contribution < 1.29 is 9.18 Å². The van der Waals surface area contributed by atoms with Crippen molar-refractivity contribution in [1.82, 2.24) is 0 Å². The Bertz CT molecular complexity index is 445. The van der Waals surface area contributed by atoms with Crippen molar-refractivity contribution in [2.75, 3.05) is 5.32 Å². The lowest BCUT2D eigenvalue weighted by Crippen LogP contribution is -2.09. The minimum Gasteiger partial charge on any atom is -0.324 e. The number of carbonyl (C=O) groups excluding carboxylic acids is 1. The number of carbonyl (C=O) groups is 1. The van der Waals surface area contributed by atoms with Gasteiger partial charge in [0.1, 0.15) is 5.82 Å². The average Bonchev–Trinajstić information content (AvgIpc) is 2.56. The van der Waals surface area contributed by atoms with Gasteiger partial charge >= 0.3 is 0 Å². The van der Waals surface area contributed by atoms with Gasteiger partial charge in [0, 0.05) is 6.04 Å². The summed E-state index contributed by atoms with van der Waals surface area (Å²) in [5, 5.41) is 2.54. The molecule has 2 atom stereocenters. The second-order valence-corrected chi connectivity index (χ2v) is 4.19. The summed E-state index contributed by atoms with van der Waals surface area (Å²) in [5.41, 5.74) is 7.64. The first kappa shape index (κ1) is 11.1. The fourth-order valence-electron chi connectivity index (χ4n) is 1.95. The Kier molecular flexibility index (Phi) is 2.68. The lowest BCUT2D eigenvalue weighted by atomic mass is 9.96. The normalized spacial score (nSPS) is 20.5. The van der Waals surface area contributed by atoms with Gasteiger partial charge in [-0.05, 0) is 30.5 Å². The van der Waals surface area contributed by atoms with Crippen molar-refractivity contribution in [3.05, 3.63) is 29.1 Å². The number of nitrogens with two attached hydrogens (primary N) is 1. The molecule has 1 heterocycles. The molecule has 0 spiro atoms. The van der Waals surface area contributed by atoms with Crippen LogP contribution in [0, 0.1) is 5.82 Å². The van der Waals surface area contributed by atoms with Crippen LogP contribution in [0.5, 0.6) is 0 Å². The third-order valence-corrected chi connectivity index (χ3v) is 3.12. The summed E-state index contributed by atoms with van der Waals surface area (Å²) in [5.74, 6) is -0.848. The minimum atomic E-state index is -0.394. The molecular weight excluding hydrogens is 207 g/mol. The number of benzene rings is 1. The van der Waals surface area contributed by atoms with Crippen LogP contribution in [0.15, 0.2) is 12.1 Å². The molecule has 0 aliphatic carbocycles. The van der Waals surface area contributed by atoms with Gasteiger partial charge < -0.3 is 11.1 Å². The SMILES string of the molecule is CCC(N)c1cc(F)c2c(c1)C(C)C(=O)N2. The second-order valence-electron chi connectivity index (χ2n) is 4.19. The van der Waals surface area contributed by atoms with E-state index in [2.05, 4.69) is 5.32 Å². The van der Waals surface area contributed by atoms with Crippen LogP contribution in [0.2, 0.25) is 0 Å². The smallest absolute Gasteiger partial charge is 0.231 e. The Hall–Kier alpha value is -1.42. The Labute approximate surface area is 93.8 Å². The molecule has 1 aliphatic heterocycles. The van der Waals surface area contributed by atoms with Gasteiger partial charge in [-0.15, -0.1) is 0 Å². The first-order valence-corrected chi connectivity index (χ1v) is 5.44. The van der Waals surface area contributed by atoms with E-state index in [1.165, 1.54) is 6.07 Å². The van der Waals surface area contributed by atoms with Crippen LogP contribution in [0.1, 0.15) is 43.4 Å². The summed E-state index contributed by atoms with van der Waals surface area (Å²) in [4.78, 5) is 11.4. The van der Waals surface area contributed by atoms with Gasteiger partial charge in [-0.1, -0.05) is 13.0 Å². The third kappa shape index (κ3) is 1.59. The van der Waals surface area contributed by atoms with E-state index in [-0.39, 0.29) is 17.9 Å². The van der Waals surface area contributed by atoms with Crippen molar-refractivity contribution in [3.8, 4) is 0 Å². The quantitative estimate of drug-likeness (QED) is 0.806. The number of hydrogen-bond acceptors (Lipinski definition) is 2. The molecule has 2 rings (SSSR count). The summed E-state index contributed by atoms with van der Waals surface area (Å²) in [6.07, 6.45) is 0.744. The molecule has 2 unspecified atom stereocenters. The predicted molar refractivity (Wildman–Crippen MR) is 60.7 cm³/mol. The maximum absolute atomic E-state index is 13.7. The Morgan fingerprint density at radius 2 is 2.25 bits per heavy atom. The highest BCUT2D eigenvalue weighted by atomic mass is 19.1. The van der Waals surface area contributed by atoms with Crippen molar-refractivity contribution in [3.63, 3.8) is 0 Å². The molecule has 0 fully saturated rings. The third-order valence-electron chi connectivity index (χ3n) is 3.12. The number of anilines is 1. The topological polar surface area (TPSA) is 55.1 Å². The summed E-state index contributed by atoms with van der Waals surface area (Å²) in [6, 6.07) is 3.06. The van der Waals surface area contributed by atoms with Gasteiger partial charge in [-0.3, -0.25) is 4.79 Å². The highest BCUT2D eigenvalue weighted by Crippen LogP contribution is 2.36. The van der Waals surface area contributed by atoms with Crippen LogP contribution < -0.4 is 11.1 Å². The highest BCUT2D eigenvalue weighted by Gasteiger charge is 2.29. The molecule has 0 saturated carbocycles. The van der Waals surface area contributed by atoms with E-state index in [1.807, 2.05) is 13.0 Å². The van der Waals surface area contributed by atoms with Crippen LogP contribution in [0.3, 0.4) is 0 Å². The first-order valence-electron chi connectivity index (χ1n) is 5.44. The lowest BCUT2D eigenvalue weighted by molar-refractivity contribution is -0.116. The molecule has 16 heavy (non-hydrogen) atoms. The van der Waals surface area contributed by atoms with Crippen LogP contribution in [-0.4, -0.2) is 5.91 Å². The van der Waals surface area contributed by atoms with E-state index in [9.17, 15) is 9.18 Å². The van der Waals surface area contributed by atoms with E-state index in [0.29, 0.717) is 11.3 Å². The maximum Gasteiger partial charge on any atom is 0.231 e. The summed E-state index contributed by atoms with van der Waals surface area (Å²) >= 11 is 0. The maximum atomic E-state index is 13.7. The minimum absolute atomic E-state index is 0.156. The molecule has 0 aromatic heterocycles. The monoisotopic (exact) mass is 222 g/mol. The highest BCUT2D eigenvalue weighted by molar-refractivity contribution is 6.02. The largest absolute Gasteiger partial charge is 0.324 e. The van der Waals surface area contributed by atoms with E-state index >= 15 is 0 Å². The zero-order valence-electron chi connectivity index (χ0n) is 9.38. The number of rotatable bonds is 2. The van der Waals surface area contributed by atoms with E-state index < -0.39 is 5.82 Å². The van der Waals surface area contributed by atoms with E-state index in [4.69, 9.17) is 5.73 Å². The molecule has 1 amide bonds. The van der Waals surface area contributed by atoms with E-state index in [1.54, 1.807) is 6.92 Å². The molecule has 0 radical (unpaired) electrons. The summed E-state index contributed by atoms with van der Waals surface area (Å²) in [7, 11) is 0. The summed E-state index contributed by atoms with van der Waals surface area (Å²) < 4.78 is 13.7. The molecular formula is C12H15FN2O. The predicted octanol–water partition coefficient (Wildman–Crippen LogP) is 2.29. The molecule has 3 nitrogen and oxygen atoms in total. The number of halogens is 1. The van der Waals surface area contributed by atoms with Crippen LogP contribution in [-0.2, 0) is 4.79 Å². The Balaban J connectivity index is 2.50. The van der Waals surface area contributed by atoms with Gasteiger partial charge in [0.2, 0.25) is 5.91 Å². The fourth-order valence-corrected chi connectivity index (χ4v) is 1.95. The number of nitrogens with one attached hydrogen (secondary N) is 1. The zero-order valence-corrected chi connectivity index (χ0v) is 9.38. The van der Waals surface area contributed by atoms with Gasteiger partial charge in [0.15, 0.2) is 0 Å². The average molecular weight is 222 g/mol. The fraction of sp³-hybridized carbons (Fsp3) is 0.417. The molecule has 1 aliphatic rings. The van der Waals surface area contributed by atoms with Crippen molar-refractivity contribution in [2.24, 2.45) is 5.73 Å². The molecule has 0 bridgehead atoms. The van der Waals surface area contributed by atoms with Crippen molar-refractivity contribution in [2.45, 2.75) is 32.2 Å². The summed E-state index contributed by atoms with van der Waals surface area (Å²) in [6.45, 7) is 3.71. The Morgan fingerprint density at radius 3 is 2.88 bits per heavy atom. The zero-order chi connectivity index (χ0) is 11.9. The Morgan fingerprint density at radius 1 is 1.56 bits per heavy atom. The molecule has 86 valence electrons. The molecule has 1 aromatic carbocycles. The molecule has 1 aromatic rings. The first-order chi connectivity index (χ1) is 7.54. The molecule has 0 saturated heterocycles. The van der Waals surface area contributed by atoms with Crippen LogP contribution >= 0.6 is 0 Å². The van der Waals surface area contributed by atoms with Gasteiger partial charge in [-0.2, -0.15) is 0 Å². The van der Waals surface area contributed by atoms with Crippen molar-refractivity contribution in [1.29, 1.82) is 0 Å². The lowest BCUT2D eigenvalue weighted by Gasteiger charge is -2.12. The standard InChI is InChI=1S/C12H15FN2O/c1-3-10(14)7-4-8-6(2)12(16)15-11(8)9(13)5-7/h4-6,10H,3,14H2,1-2H3,(H,15,16). The van der Waals surface area contributed by atoms with Gasteiger partial charge in [0.05, 0.1) is 11.6 Å². The number of amides is 1. The van der Waals surface area contributed by atoms with E-state index in [0.717, 1.165) is 12.0 Å². The van der Waals surface area contributed by atoms with Gasteiger partial charge in [-0.25, -0.2) is 4.39 Å². The van der Waals surface area contributed by atoms with Crippen molar-refractivity contribution >= 4 is 11.6 Å². The van der Waals surface area contributed by atoms with Gasteiger partial charge in [0.25, 0.3) is 0 Å². The van der Waals surface area contributed by atoms with Crippen LogP contribution in [0.4, 0.5) is 10.1 Å². The molecule has 4 heteroatoms.